The molecule has 0 spiro atoms. The Morgan fingerprint density at radius 2 is 2.18 bits per heavy atom. The van der Waals surface area contributed by atoms with Crippen molar-refractivity contribution in [1.82, 2.24) is 0 Å². The van der Waals surface area contributed by atoms with Gasteiger partial charge in [-0.25, -0.2) is 4.39 Å². The summed E-state index contributed by atoms with van der Waals surface area (Å²) < 4.78 is 13.5. The predicted molar refractivity (Wildman–Crippen MR) is 67.6 cm³/mol. The molecule has 4 heteroatoms. The molecule has 17 heavy (non-hydrogen) atoms. The van der Waals surface area contributed by atoms with Crippen LogP contribution in [-0.2, 0) is 11.2 Å². The van der Waals surface area contributed by atoms with Gasteiger partial charge in [-0.3, -0.25) is 4.79 Å². The zero-order valence-electron chi connectivity index (χ0n) is 10.1. The molecule has 1 atom stereocenters. The highest BCUT2D eigenvalue weighted by Gasteiger charge is 2.28. The highest BCUT2D eigenvalue weighted by Crippen LogP contribution is 2.22. The van der Waals surface area contributed by atoms with E-state index in [1.807, 2.05) is 6.92 Å². The Kier molecular flexibility index (Phi) is 4.66. The predicted octanol–water partition coefficient (Wildman–Crippen LogP) is 3.11. The van der Waals surface area contributed by atoms with Crippen LogP contribution in [0, 0.1) is 5.82 Å². The first kappa shape index (κ1) is 14.1. The minimum atomic E-state index is -0.916. The van der Waals surface area contributed by atoms with Gasteiger partial charge in [0.05, 0.1) is 5.54 Å². The second kappa shape index (κ2) is 5.61. The lowest BCUT2D eigenvalue weighted by Gasteiger charge is -2.22. The van der Waals surface area contributed by atoms with Gasteiger partial charge in [0.15, 0.2) is 5.78 Å². The number of rotatable bonds is 5. The van der Waals surface area contributed by atoms with Gasteiger partial charge in [0.1, 0.15) is 5.82 Å². The third kappa shape index (κ3) is 3.51. The van der Waals surface area contributed by atoms with Gasteiger partial charge in [-0.05, 0) is 25.5 Å². The van der Waals surface area contributed by atoms with Crippen LogP contribution in [0.4, 0.5) is 4.39 Å². The SMILES string of the molecule is CCCC(C)(N)C(=O)Cc1c(F)cccc1Cl. The van der Waals surface area contributed by atoms with Crippen LogP contribution in [0.2, 0.25) is 5.02 Å². The van der Waals surface area contributed by atoms with Crippen molar-refractivity contribution in [3.8, 4) is 0 Å². The first-order valence-corrected chi connectivity index (χ1v) is 6.01. The summed E-state index contributed by atoms with van der Waals surface area (Å²) in [6.07, 6.45) is 1.33. The van der Waals surface area contributed by atoms with Crippen molar-refractivity contribution in [1.29, 1.82) is 0 Å². The van der Waals surface area contributed by atoms with Crippen molar-refractivity contribution >= 4 is 17.4 Å². The molecule has 0 aliphatic heterocycles. The number of nitrogens with two attached hydrogens (primary N) is 1. The molecule has 0 aliphatic carbocycles. The van der Waals surface area contributed by atoms with Gasteiger partial charge < -0.3 is 5.73 Å². The molecule has 1 aromatic rings. The van der Waals surface area contributed by atoms with Gasteiger partial charge >= 0.3 is 0 Å². The van der Waals surface area contributed by atoms with E-state index in [2.05, 4.69) is 0 Å². The summed E-state index contributed by atoms with van der Waals surface area (Å²) in [5.41, 5.74) is 5.22. The lowest BCUT2D eigenvalue weighted by atomic mass is 9.88. The topological polar surface area (TPSA) is 43.1 Å². The van der Waals surface area contributed by atoms with E-state index < -0.39 is 11.4 Å². The standard InChI is InChI=1S/C13H17ClFNO/c1-3-7-13(2,16)12(17)8-9-10(14)5-4-6-11(9)15/h4-6H,3,7-8,16H2,1-2H3. The molecule has 0 saturated heterocycles. The summed E-state index contributed by atoms with van der Waals surface area (Å²) in [5, 5.41) is 0.269. The number of benzene rings is 1. The minimum Gasteiger partial charge on any atom is -0.319 e. The fourth-order valence-electron chi connectivity index (χ4n) is 1.72. The number of carbonyl (C=O) groups excluding carboxylic acids is 1. The highest BCUT2D eigenvalue weighted by molar-refractivity contribution is 6.31. The Balaban J connectivity index is 2.88. The molecule has 1 rings (SSSR count). The molecular weight excluding hydrogens is 241 g/mol. The normalized spacial score (nSPS) is 14.4. The van der Waals surface area contributed by atoms with Crippen LogP contribution in [0.1, 0.15) is 32.3 Å². The summed E-state index contributed by atoms with van der Waals surface area (Å²) >= 11 is 5.87. The second-order valence-electron chi connectivity index (χ2n) is 4.47. The molecule has 0 amide bonds. The molecular formula is C13H17ClFNO. The molecule has 2 nitrogen and oxygen atoms in total. The van der Waals surface area contributed by atoms with Crippen LogP contribution in [0.3, 0.4) is 0 Å². The molecule has 1 unspecified atom stereocenters. The zero-order valence-corrected chi connectivity index (χ0v) is 10.9. The summed E-state index contributed by atoms with van der Waals surface area (Å²) in [5.74, 6) is -0.649. The van der Waals surface area contributed by atoms with Crippen LogP contribution < -0.4 is 5.73 Å². The van der Waals surface area contributed by atoms with E-state index >= 15 is 0 Å². The van der Waals surface area contributed by atoms with Crippen LogP contribution >= 0.6 is 11.6 Å². The third-order valence-electron chi connectivity index (χ3n) is 2.81. The van der Waals surface area contributed by atoms with E-state index in [0.29, 0.717) is 6.42 Å². The lowest BCUT2D eigenvalue weighted by Crippen LogP contribution is -2.45. The summed E-state index contributed by atoms with van der Waals surface area (Å²) in [4.78, 5) is 12.0. The maximum atomic E-state index is 13.5. The van der Waals surface area contributed by atoms with Gasteiger partial charge in [-0.1, -0.05) is 31.0 Å². The number of hydrogen-bond acceptors (Lipinski definition) is 2. The molecule has 2 N–H and O–H groups in total. The average molecular weight is 258 g/mol. The van der Waals surface area contributed by atoms with Crippen LogP contribution in [0.5, 0.6) is 0 Å². The first-order chi connectivity index (χ1) is 7.88. The zero-order chi connectivity index (χ0) is 13.1. The Labute approximate surface area is 106 Å². The van der Waals surface area contributed by atoms with Gasteiger partial charge in [0.25, 0.3) is 0 Å². The third-order valence-corrected chi connectivity index (χ3v) is 3.16. The van der Waals surface area contributed by atoms with Crippen LogP contribution in [0.15, 0.2) is 18.2 Å². The van der Waals surface area contributed by atoms with Crippen molar-refractivity contribution in [2.24, 2.45) is 5.73 Å². The van der Waals surface area contributed by atoms with Crippen molar-refractivity contribution in [2.75, 3.05) is 0 Å². The van der Waals surface area contributed by atoms with Crippen molar-refractivity contribution < 1.29 is 9.18 Å². The number of carbonyl (C=O) groups is 1. The summed E-state index contributed by atoms with van der Waals surface area (Å²) in [6.45, 7) is 3.63. The van der Waals surface area contributed by atoms with Crippen LogP contribution in [-0.4, -0.2) is 11.3 Å². The maximum absolute atomic E-state index is 13.5. The quantitative estimate of drug-likeness (QED) is 0.881. The van der Waals surface area contributed by atoms with Gasteiger partial charge in [-0.15, -0.1) is 0 Å². The summed E-state index contributed by atoms with van der Waals surface area (Å²) in [7, 11) is 0. The minimum absolute atomic E-state index is 0.0570. The monoisotopic (exact) mass is 257 g/mol. The van der Waals surface area contributed by atoms with Gasteiger partial charge in [-0.2, -0.15) is 0 Å². The first-order valence-electron chi connectivity index (χ1n) is 5.63. The van der Waals surface area contributed by atoms with Crippen molar-refractivity contribution in [3.05, 3.63) is 34.6 Å². The van der Waals surface area contributed by atoms with E-state index in [0.717, 1.165) is 6.42 Å². The van der Waals surface area contributed by atoms with Crippen LogP contribution in [0.25, 0.3) is 0 Å². The van der Waals surface area contributed by atoms with Gasteiger partial charge in [0, 0.05) is 17.0 Å². The van der Waals surface area contributed by atoms with E-state index in [4.69, 9.17) is 17.3 Å². The molecule has 0 heterocycles. The van der Waals surface area contributed by atoms with Crippen molar-refractivity contribution in [2.45, 2.75) is 38.6 Å². The summed E-state index contributed by atoms with van der Waals surface area (Å²) in [6, 6.07) is 4.38. The fourth-order valence-corrected chi connectivity index (χ4v) is 1.95. The van der Waals surface area contributed by atoms with Crippen molar-refractivity contribution in [3.63, 3.8) is 0 Å². The number of Topliss-reactive ketones (excluding diaryl/α,β-unsaturated/α-hetero) is 1. The second-order valence-corrected chi connectivity index (χ2v) is 4.87. The van der Waals surface area contributed by atoms with E-state index in [9.17, 15) is 9.18 Å². The largest absolute Gasteiger partial charge is 0.319 e. The maximum Gasteiger partial charge on any atom is 0.156 e. The Hall–Kier alpha value is -0.930. The molecule has 0 fully saturated rings. The fraction of sp³-hybridized carbons (Fsp3) is 0.462. The number of hydrogen-bond donors (Lipinski definition) is 1. The molecule has 1 aromatic carbocycles. The number of ketones is 1. The smallest absolute Gasteiger partial charge is 0.156 e. The highest BCUT2D eigenvalue weighted by atomic mass is 35.5. The van der Waals surface area contributed by atoms with E-state index in [1.165, 1.54) is 12.1 Å². The van der Waals surface area contributed by atoms with E-state index in [-0.39, 0.29) is 22.8 Å². The van der Waals surface area contributed by atoms with E-state index in [1.54, 1.807) is 13.0 Å². The molecule has 0 aromatic heterocycles. The Morgan fingerprint density at radius 1 is 1.53 bits per heavy atom. The molecule has 0 radical (unpaired) electrons. The number of halogens is 2. The molecule has 0 aliphatic rings. The lowest BCUT2D eigenvalue weighted by molar-refractivity contribution is -0.123. The Bertz CT molecular complexity index is 398. The average Bonchev–Trinajstić information content (AvgIpc) is 2.23. The van der Waals surface area contributed by atoms with Gasteiger partial charge in [0.2, 0.25) is 0 Å². The molecule has 0 bridgehead atoms. The molecule has 94 valence electrons. The molecule has 0 saturated carbocycles. The Morgan fingerprint density at radius 3 is 2.71 bits per heavy atom.